The number of urea groups is 1. The number of nitriles is 1. The number of nitrogens with zero attached hydrogens (tertiary/aromatic N) is 3. The number of piperidine rings is 1. The number of nitrogens with one attached hydrogen (secondary N) is 2. The minimum Gasteiger partial charge on any atom is -0.325 e. The maximum absolute atomic E-state index is 13.2. The van der Waals surface area contributed by atoms with E-state index in [2.05, 4.69) is 10.2 Å². The molecule has 2 amide bonds. The summed E-state index contributed by atoms with van der Waals surface area (Å²) >= 11 is 0. The van der Waals surface area contributed by atoms with E-state index in [9.17, 15) is 18.0 Å². The Morgan fingerprint density at radius 2 is 1.96 bits per heavy atom. The van der Waals surface area contributed by atoms with Crippen LogP contribution in [0.4, 0.5) is 23.7 Å². The molecule has 0 unspecified atom stereocenters. The molecular formula is C16H16F3N5O. The van der Waals surface area contributed by atoms with Gasteiger partial charge in [0.2, 0.25) is 0 Å². The molecule has 1 spiro atoms. The van der Waals surface area contributed by atoms with E-state index >= 15 is 0 Å². The molecule has 6 nitrogen and oxygen atoms in total. The Morgan fingerprint density at radius 1 is 1.32 bits per heavy atom. The van der Waals surface area contributed by atoms with Crippen LogP contribution in [0, 0.1) is 16.7 Å². The lowest BCUT2D eigenvalue weighted by Gasteiger charge is -2.36. The lowest BCUT2D eigenvalue weighted by molar-refractivity contribution is -0.137. The molecule has 0 radical (unpaired) electrons. The van der Waals surface area contributed by atoms with Crippen LogP contribution in [-0.2, 0) is 6.18 Å². The van der Waals surface area contributed by atoms with E-state index in [1.807, 2.05) is 7.05 Å². The Hall–Kier alpha value is -2.60. The SMILES string of the molecule is CN1CCC2(CC1)NC(=O)N(c1ccc(C#N)c(C(F)(F)F)c1)C2=N. The number of alkyl halides is 3. The first-order valence-electron chi connectivity index (χ1n) is 7.69. The molecule has 25 heavy (non-hydrogen) atoms. The Balaban J connectivity index is 1.99. The maximum atomic E-state index is 13.2. The first-order chi connectivity index (χ1) is 11.7. The van der Waals surface area contributed by atoms with Crippen molar-refractivity contribution in [2.45, 2.75) is 24.6 Å². The zero-order valence-electron chi connectivity index (χ0n) is 13.4. The molecule has 1 aromatic carbocycles. The Bertz CT molecular complexity index is 775. The molecule has 132 valence electrons. The van der Waals surface area contributed by atoms with Gasteiger partial charge in [0, 0.05) is 13.1 Å². The number of hydrogen-bond donors (Lipinski definition) is 2. The zero-order valence-corrected chi connectivity index (χ0v) is 13.4. The van der Waals surface area contributed by atoms with Crippen molar-refractivity contribution in [1.82, 2.24) is 10.2 Å². The van der Waals surface area contributed by atoms with Gasteiger partial charge in [-0.05, 0) is 38.1 Å². The predicted octanol–water partition coefficient (Wildman–Crippen LogP) is 2.55. The third-order valence-corrected chi connectivity index (χ3v) is 4.75. The van der Waals surface area contributed by atoms with Crippen LogP contribution in [0.5, 0.6) is 0 Å². The van der Waals surface area contributed by atoms with Gasteiger partial charge in [-0.2, -0.15) is 18.4 Å². The molecule has 3 rings (SSSR count). The van der Waals surface area contributed by atoms with Crippen molar-refractivity contribution in [2.24, 2.45) is 0 Å². The van der Waals surface area contributed by atoms with Crippen molar-refractivity contribution >= 4 is 17.6 Å². The molecule has 0 atom stereocenters. The van der Waals surface area contributed by atoms with Crippen LogP contribution in [0.25, 0.3) is 0 Å². The van der Waals surface area contributed by atoms with Crippen LogP contribution >= 0.6 is 0 Å². The third kappa shape index (κ3) is 2.82. The van der Waals surface area contributed by atoms with Crippen LogP contribution < -0.4 is 10.2 Å². The van der Waals surface area contributed by atoms with Gasteiger partial charge < -0.3 is 10.2 Å². The lowest BCUT2D eigenvalue weighted by Crippen LogP contribution is -2.54. The van der Waals surface area contributed by atoms with Gasteiger partial charge in [-0.25, -0.2) is 9.69 Å². The van der Waals surface area contributed by atoms with E-state index in [4.69, 9.17) is 10.7 Å². The predicted molar refractivity (Wildman–Crippen MR) is 84.4 cm³/mol. The van der Waals surface area contributed by atoms with E-state index in [-0.39, 0.29) is 11.5 Å². The molecule has 9 heteroatoms. The number of carbonyl (C=O) groups is 1. The number of anilines is 1. The van der Waals surface area contributed by atoms with Crippen LogP contribution in [0.3, 0.4) is 0 Å². The summed E-state index contributed by atoms with van der Waals surface area (Å²) in [6.45, 7) is 1.36. The third-order valence-electron chi connectivity index (χ3n) is 4.75. The quantitative estimate of drug-likeness (QED) is 0.816. The second kappa shape index (κ2) is 5.74. The largest absolute Gasteiger partial charge is 0.417 e. The van der Waals surface area contributed by atoms with Gasteiger partial charge in [-0.3, -0.25) is 5.41 Å². The average molecular weight is 351 g/mol. The second-order valence-electron chi connectivity index (χ2n) is 6.34. The summed E-state index contributed by atoms with van der Waals surface area (Å²) in [4.78, 5) is 15.4. The van der Waals surface area contributed by atoms with Gasteiger partial charge in [-0.1, -0.05) is 0 Å². The van der Waals surface area contributed by atoms with Gasteiger partial charge >= 0.3 is 12.2 Å². The fourth-order valence-electron chi connectivity index (χ4n) is 3.25. The highest BCUT2D eigenvalue weighted by Gasteiger charge is 2.50. The topological polar surface area (TPSA) is 83.2 Å². The number of halogens is 3. The molecule has 2 aliphatic rings. The van der Waals surface area contributed by atoms with Crippen LogP contribution in [-0.4, -0.2) is 42.4 Å². The van der Waals surface area contributed by atoms with Gasteiger partial charge in [0.05, 0.1) is 22.9 Å². The number of amidine groups is 1. The lowest BCUT2D eigenvalue weighted by atomic mass is 9.87. The van der Waals surface area contributed by atoms with Crippen molar-refractivity contribution in [3.63, 3.8) is 0 Å². The molecule has 2 heterocycles. The molecule has 2 aliphatic heterocycles. The zero-order chi connectivity index (χ0) is 18.4. The molecule has 1 aromatic rings. The second-order valence-corrected chi connectivity index (χ2v) is 6.34. The van der Waals surface area contributed by atoms with Gasteiger partial charge in [-0.15, -0.1) is 0 Å². The normalized spacial score (nSPS) is 20.7. The maximum Gasteiger partial charge on any atom is 0.417 e. The number of rotatable bonds is 1. The molecule has 0 aromatic heterocycles. The fraction of sp³-hybridized carbons (Fsp3) is 0.438. The summed E-state index contributed by atoms with van der Waals surface area (Å²) in [6.07, 6.45) is -3.68. The standard InChI is InChI=1S/C16H16F3N5O/c1-23-6-4-15(5-7-23)13(21)24(14(25)22-15)11-3-2-10(9-20)12(8-11)16(17,18)19/h2-3,8,21H,4-7H2,1H3,(H,22,25). The first kappa shape index (κ1) is 17.2. The number of hydrogen-bond acceptors (Lipinski definition) is 4. The van der Waals surface area contributed by atoms with E-state index < -0.39 is 28.9 Å². The number of carbonyl (C=O) groups excluding carboxylic acids is 1. The van der Waals surface area contributed by atoms with E-state index in [0.717, 1.165) is 17.0 Å². The van der Waals surface area contributed by atoms with E-state index in [1.54, 1.807) is 0 Å². The molecular weight excluding hydrogens is 335 g/mol. The summed E-state index contributed by atoms with van der Waals surface area (Å²) in [6, 6.07) is 3.92. The minimum atomic E-state index is -4.72. The monoisotopic (exact) mass is 351 g/mol. The van der Waals surface area contributed by atoms with Crippen molar-refractivity contribution in [3.05, 3.63) is 29.3 Å². The van der Waals surface area contributed by atoms with Crippen molar-refractivity contribution in [2.75, 3.05) is 25.0 Å². The summed E-state index contributed by atoms with van der Waals surface area (Å²) in [5, 5.41) is 20.0. The van der Waals surface area contributed by atoms with Crippen LogP contribution in [0.2, 0.25) is 0 Å². The summed E-state index contributed by atoms with van der Waals surface area (Å²) < 4.78 is 39.5. The van der Waals surface area contributed by atoms with E-state index in [1.165, 1.54) is 12.1 Å². The Kier molecular flexibility index (Phi) is 3.95. The van der Waals surface area contributed by atoms with Gasteiger partial charge in [0.15, 0.2) is 0 Å². The summed E-state index contributed by atoms with van der Waals surface area (Å²) in [5.41, 5.74) is -2.55. The van der Waals surface area contributed by atoms with Gasteiger partial charge in [0.1, 0.15) is 11.4 Å². The molecule has 0 saturated carbocycles. The Morgan fingerprint density at radius 3 is 2.52 bits per heavy atom. The van der Waals surface area contributed by atoms with Crippen LogP contribution in [0.15, 0.2) is 18.2 Å². The van der Waals surface area contributed by atoms with E-state index in [0.29, 0.717) is 25.9 Å². The van der Waals surface area contributed by atoms with Crippen molar-refractivity contribution in [1.29, 1.82) is 10.7 Å². The van der Waals surface area contributed by atoms with Gasteiger partial charge in [0.25, 0.3) is 0 Å². The molecule has 2 fully saturated rings. The number of likely N-dealkylation sites (tertiary alicyclic amines) is 1. The smallest absolute Gasteiger partial charge is 0.325 e. The molecule has 0 aliphatic carbocycles. The highest BCUT2D eigenvalue weighted by atomic mass is 19.4. The van der Waals surface area contributed by atoms with Crippen molar-refractivity contribution in [3.8, 4) is 6.07 Å². The highest BCUT2D eigenvalue weighted by molar-refractivity contribution is 6.24. The Labute approximate surface area is 142 Å². The molecule has 0 bridgehead atoms. The number of benzene rings is 1. The highest BCUT2D eigenvalue weighted by Crippen LogP contribution is 2.37. The first-order valence-corrected chi connectivity index (χ1v) is 7.69. The molecule has 2 saturated heterocycles. The summed E-state index contributed by atoms with van der Waals surface area (Å²) in [5.74, 6) is -0.0524. The number of amides is 2. The molecule has 2 N–H and O–H groups in total. The average Bonchev–Trinajstić information content (AvgIpc) is 2.79. The fourth-order valence-corrected chi connectivity index (χ4v) is 3.25. The van der Waals surface area contributed by atoms with Crippen LogP contribution in [0.1, 0.15) is 24.0 Å². The minimum absolute atomic E-state index is 0.0524. The van der Waals surface area contributed by atoms with Crippen molar-refractivity contribution < 1.29 is 18.0 Å². The summed E-state index contributed by atoms with van der Waals surface area (Å²) in [7, 11) is 1.93.